The first-order valence-electron chi connectivity index (χ1n) is 5.30. The van der Waals surface area contributed by atoms with Crippen LogP contribution in [-0.4, -0.2) is 37.0 Å². The van der Waals surface area contributed by atoms with Crippen molar-refractivity contribution in [3.63, 3.8) is 0 Å². The lowest BCUT2D eigenvalue weighted by molar-refractivity contribution is 0.338. The molecule has 2 aliphatic rings. The van der Waals surface area contributed by atoms with Crippen LogP contribution in [0.25, 0.3) is 0 Å². The van der Waals surface area contributed by atoms with Crippen LogP contribution in [0, 0.1) is 5.92 Å². The van der Waals surface area contributed by atoms with Gasteiger partial charge in [-0.15, -0.1) is 0 Å². The van der Waals surface area contributed by atoms with Crippen molar-refractivity contribution in [1.82, 2.24) is 10.2 Å². The third-order valence-electron chi connectivity index (χ3n) is 3.13. The second-order valence-corrected chi connectivity index (χ2v) is 4.17. The molecule has 1 aliphatic heterocycles. The normalized spacial score (nSPS) is 24.6. The molecule has 3 heteroatoms. The number of nitrogens with one attached hydrogen (secondary N) is 1. The monoisotopic (exact) mass is 181 g/mol. The molecule has 0 aromatic rings. The van der Waals surface area contributed by atoms with Crippen LogP contribution in [0.3, 0.4) is 0 Å². The van der Waals surface area contributed by atoms with Crippen LogP contribution in [0.4, 0.5) is 0 Å². The van der Waals surface area contributed by atoms with Gasteiger partial charge in [0.1, 0.15) is 0 Å². The lowest BCUT2D eigenvalue weighted by atomic mass is 10.2. The van der Waals surface area contributed by atoms with Gasteiger partial charge in [0, 0.05) is 26.2 Å². The van der Waals surface area contributed by atoms with E-state index in [2.05, 4.69) is 29.2 Å². The SMILES string of the molecule is CC(C1CC1)N(C)C1=NCCCN1. The van der Waals surface area contributed by atoms with Crippen LogP contribution in [0.5, 0.6) is 0 Å². The fourth-order valence-corrected chi connectivity index (χ4v) is 1.84. The van der Waals surface area contributed by atoms with Crippen molar-refractivity contribution in [3.05, 3.63) is 0 Å². The molecule has 1 unspecified atom stereocenters. The van der Waals surface area contributed by atoms with Gasteiger partial charge in [0.15, 0.2) is 5.96 Å². The Morgan fingerprint density at radius 3 is 2.85 bits per heavy atom. The fourth-order valence-electron chi connectivity index (χ4n) is 1.84. The highest BCUT2D eigenvalue weighted by atomic mass is 15.3. The molecule has 1 heterocycles. The predicted molar refractivity (Wildman–Crippen MR) is 54.9 cm³/mol. The van der Waals surface area contributed by atoms with Crippen LogP contribution in [0.1, 0.15) is 26.2 Å². The molecule has 1 N–H and O–H groups in total. The Morgan fingerprint density at radius 1 is 1.54 bits per heavy atom. The lowest BCUT2D eigenvalue weighted by Gasteiger charge is -2.30. The van der Waals surface area contributed by atoms with Crippen LogP contribution in [-0.2, 0) is 0 Å². The number of hydrogen-bond donors (Lipinski definition) is 1. The van der Waals surface area contributed by atoms with Crippen molar-refractivity contribution in [2.24, 2.45) is 10.9 Å². The molecular weight excluding hydrogens is 162 g/mol. The Bertz CT molecular complexity index is 208. The molecular formula is C10H19N3. The van der Waals surface area contributed by atoms with E-state index in [0.29, 0.717) is 6.04 Å². The maximum absolute atomic E-state index is 4.49. The van der Waals surface area contributed by atoms with Gasteiger partial charge in [0.2, 0.25) is 0 Å². The topological polar surface area (TPSA) is 27.6 Å². The van der Waals surface area contributed by atoms with E-state index in [9.17, 15) is 0 Å². The van der Waals surface area contributed by atoms with Crippen LogP contribution < -0.4 is 5.32 Å². The summed E-state index contributed by atoms with van der Waals surface area (Å²) < 4.78 is 0. The highest BCUT2D eigenvalue weighted by Crippen LogP contribution is 2.34. The van der Waals surface area contributed by atoms with Gasteiger partial charge in [-0.25, -0.2) is 0 Å². The number of hydrogen-bond acceptors (Lipinski definition) is 3. The summed E-state index contributed by atoms with van der Waals surface area (Å²) in [6.07, 6.45) is 3.98. The van der Waals surface area contributed by atoms with Crippen LogP contribution in [0.2, 0.25) is 0 Å². The molecule has 0 aromatic carbocycles. The minimum absolute atomic E-state index is 0.657. The summed E-state index contributed by atoms with van der Waals surface area (Å²) in [5.41, 5.74) is 0. The van der Waals surface area contributed by atoms with Crippen molar-refractivity contribution < 1.29 is 0 Å². The zero-order chi connectivity index (χ0) is 9.26. The third kappa shape index (κ3) is 1.95. The molecule has 0 bridgehead atoms. The first-order chi connectivity index (χ1) is 6.29. The average Bonchev–Trinajstić information content (AvgIpc) is 3.00. The van der Waals surface area contributed by atoms with Crippen LogP contribution in [0.15, 0.2) is 4.99 Å². The van der Waals surface area contributed by atoms with E-state index in [1.54, 1.807) is 0 Å². The van der Waals surface area contributed by atoms with E-state index < -0.39 is 0 Å². The van der Waals surface area contributed by atoms with E-state index in [4.69, 9.17) is 0 Å². The fraction of sp³-hybridized carbons (Fsp3) is 0.900. The Morgan fingerprint density at radius 2 is 2.31 bits per heavy atom. The van der Waals surface area contributed by atoms with Crippen molar-refractivity contribution in [3.8, 4) is 0 Å². The molecule has 0 aromatic heterocycles. The molecule has 13 heavy (non-hydrogen) atoms. The summed E-state index contributed by atoms with van der Waals surface area (Å²) in [5, 5.41) is 3.36. The Kier molecular flexibility index (Phi) is 2.42. The molecule has 1 atom stereocenters. The van der Waals surface area contributed by atoms with Gasteiger partial charge in [0.05, 0.1) is 0 Å². The zero-order valence-corrected chi connectivity index (χ0v) is 8.58. The van der Waals surface area contributed by atoms with E-state index in [0.717, 1.165) is 25.0 Å². The van der Waals surface area contributed by atoms with Gasteiger partial charge in [0.25, 0.3) is 0 Å². The molecule has 1 saturated carbocycles. The van der Waals surface area contributed by atoms with Gasteiger partial charge in [-0.05, 0) is 32.1 Å². The van der Waals surface area contributed by atoms with E-state index in [-0.39, 0.29) is 0 Å². The molecule has 74 valence electrons. The second-order valence-electron chi connectivity index (χ2n) is 4.17. The lowest BCUT2D eigenvalue weighted by Crippen LogP contribution is -2.46. The Balaban J connectivity index is 1.93. The number of guanidine groups is 1. The first-order valence-corrected chi connectivity index (χ1v) is 5.30. The molecule has 0 spiro atoms. The number of nitrogens with zero attached hydrogens (tertiary/aromatic N) is 2. The van der Waals surface area contributed by atoms with Gasteiger partial charge >= 0.3 is 0 Å². The molecule has 0 amide bonds. The van der Waals surface area contributed by atoms with E-state index >= 15 is 0 Å². The van der Waals surface area contributed by atoms with Gasteiger partial charge in [-0.3, -0.25) is 4.99 Å². The third-order valence-corrected chi connectivity index (χ3v) is 3.13. The maximum Gasteiger partial charge on any atom is 0.193 e. The summed E-state index contributed by atoms with van der Waals surface area (Å²) in [4.78, 5) is 6.79. The van der Waals surface area contributed by atoms with E-state index in [1.165, 1.54) is 19.3 Å². The number of rotatable bonds is 2. The summed E-state index contributed by atoms with van der Waals surface area (Å²) in [6, 6.07) is 0.657. The molecule has 0 radical (unpaired) electrons. The summed E-state index contributed by atoms with van der Waals surface area (Å²) in [7, 11) is 2.15. The highest BCUT2D eigenvalue weighted by molar-refractivity contribution is 5.80. The minimum Gasteiger partial charge on any atom is -0.356 e. The predicted octanol–water partition coefficient (Wildman–Crippen LogP) is 1.07. The zero-order valence-electron chi connectivity index (χ0n) is 8.58. The van der Waals surface area contributed by atoms with Crippen molar-refractivity contribution >= 4 is 5.96 Å². The summed E-state index contributed by atoms with van der Waals surface area (Å²) >= 11 is 0. The maximum atomic E-state index is 4.49. The van der Waals surface area contributed by atoms with E-state index in [1.807, 2.05) is 0 Å². The average molecular weight is 181 g/mol. The number of aliphatic imine (C=N–C) groups is 1. The Labute approximate surface area is 80.2 Å². The van der Waals surface area contributed by atoms with Gasteiger partial charge in [-0.2, -0.15) is 0 Å². The molecule has 1 fully saturated rings. The van der Waals surface area contributed by atoms with Crippen LogP contribution >= 0.6 is 0 Å². The Hall–Kier alpha value is -0.730. The van der Waals surface area contributed by atoms with Crippen molar-refractivity contribution in [2.45, 2.75) is 32.2 Å². The quantitative estimate of drug-likeness (QED) is 0.690. The molecule has 1 aliphatic carbocycles. The molecule has 0 saturated heterocycles. The van der Waals surface area contributed by atoms with Gasteiger partial charge in [-0.1, -0.05) is 0 Å². The first kappa shape index (κ1) is 8.85. The molecule has 3 nitrogen and oxygen atoms in total. The largest absolute Gasteiger partial charge is 0.356 e. The summed E-state index contributed by atoms with van der Waals surface area (Å²) in [6.45, 7) is 4.38. The van der Waals surface area contributed by atoms with Crippen molar-refractivity contribution in [2.75, 3.05) is 20.1 Å². The second kappa shape index (κ2) is 3.56. The van der Waals surface area contributed by atoms with Crippen molar-refractivity contribution in [1.29, 1.82) is 0 Å². The van der Waals surface area contributed by atoms with Gasteiger partial charge < -0.3 is 10.2 Å². The smallest absolute Gasteiger partial charge is 0.193 e. The molecule has 2 rings (SSSR count). The highest BCUT2D eigenvalue weighted by Gasteiger charge is 2.31. The standard InChI is InChI=1S/C10H19N3/c1-8(9-4-5-9)13(2)10-11-6-3-7-12-10/h8-9H,3-7H2,1-2H3,(H,11,12). The summed E-state index contributed by atoms with van der Waals surface area (Å²) in [5.74, 6) is 2.02. The minimum atomic E-state index is 0.657.